The van der Waals surface area contributed by atoms with Crippen molar-refractivity contribution in [3.8, 4) is 5.75 Å². The summed E-state index contributed by atoms with van der Waals surface area (Å²) < 4.78 is 45.0. The maximum absolute atomic E-state index is 12.9. The van der Waals surface area contributed by atoms with Gasteiger partial charge in [0.1, 0.15) is 11.3 Å². The monoisotopic (exact) mass is 402 g/mol. The molecule has 29 heavy (non-hydrogen) atoms. The number of amides is 1. The van der Waals surface area contributed by atoms with Crippen molar-refractivity contribution < 1.29 is 22.7 Å². The minimum absolute atomic E-state index is 0.0987. The van der Waals surface area contributed by atoms with Crippen LogP contribution in [0, 0.1) is 0 Å². The van der Waals surface area contributed by atoms with Gasteiger partial charge in [0, 0.05) is 6.20 Å². The zero-order chi connectivity index (χ0) is 21.0. The summed E-state index contributed by atoms with van der Waals surface area (Å²) in [4.78, 5) is 25.3. The molecule has 0 aliphatic rings. The summed E-state index contributed by atoms with van der Waals surface area (Å²) >= 11 is 0. The fourth-order valence-electron chi connectivity index (χ4n) is 2.81. The lowest BCUT2D eigenvalue weighted by atomic mass is 10.1. The summed E-state index contributed by atoms with van der Waals surface area (Å²) in [7, 11) is 1.45. The van der Waals surface area contributed by atoms with E-state index < -0.39 is 23.2 Å². The lowest BCUT2D eigenvalue weighted by molar-refractivity contribution is -0.137. The Hall–Kier alpha value is -3.55. The molecule has 150 valence electrons. The molecular weight excluding hydrogens is 385 g/mol. The number of nitrogens with one attached hydrogen (secondary N) is 1. The molecule has 0 spiro atoms. The third-order valence-corrected chi connectivity index (χ3v) is 4.23. The molecule has 1 amide bonds. The second-order valence-corrected chi connectivity index (χ2v) is 6.21. The van der Waals surface area contributed by atoms with Gasteiger partial charge in [-0.1, -0.05) is 24.3 Å². The minimum atomic E-state index is -4.47. The number of ether oxygens (including phenoxy) is 1. The number of halogens is 3. The highest BCUT2D eigenvalue weighted by Gasteiger charge is 2.30. The van der Waals surface area contributed by atoms with Crippen LogP contribution in [0.25, 0.3) is 0 Å². The Kier molecular flexibility index (Phi) is 5.72. The van der Waals surface area contributed by atoms with Gasteiger partial charge in [0.15, 0.2) is 0 Å². The van der Waals surface area contributed by atoms with Crippen LogP contribution in [0.2, 0.25) is 0 Å². The van der Waals surface area contributed by atoms with Gasteiger partial charge in [-0.2, -0.15) is 13.2 Å². The number of carbonyl (C=O) groups excluding carboxylic acids is 1. The molecule has 0 atom stereocenters. The number of carbonyl (C=O) groups is 1. The first-order valence-corrected chi connectivity index (χ1v) is 8.59. The van der Waals surface area contributed by atoms with Crippen molar-refractivity contribution in [2.24, 2.45) is 0 Å². The van der Waals surface area contributed by atoms with Crippen LogP contribution in [0.15, 0.2) is 71.7 Å². The van der Waals surface area contributed by atoms with Crippen LogP contribution in [0.5, 0.6) is 5.75 Å². The molecule has 8 heteroatoms. The van der Waals surface area contributed by atoms with Crippen LogP contribution in [0.3, 0.4) is 0 Å². The average molecular weight is 402 g/mol. The summed E-state index contributed by atoms with van der Waals surface area (Å²) in [5.41, 5.74) is -0.854. The van der Waals surface area contributed by atoms with E-state index in [1.54, 1.807) is 24.3 Å². The highest BCUT2D eigenvalue weighted by Crippen LogP contribution is 2.29. The van der Waals surface area contributed by atoms with Crippen LogP contribution < -0.4 is 15.6 Å². The standard InChI is InChI=1S/C21H17F3N2O3/c1-29-18-10-3-2-9-17(18)25-19(27)16-8-5-11-26(20(16)28)13-14-6-4-7-15(12-14)21(22,23)24/h2-12H,13H2,1H3,(H,25,27). The van der Waals surface area contributed by atoms with E-state index in [0.29, 0.717) is 17.0 Å². The van der Waals surface area contributed by atoms with Crippen molar-refractivity contribution in [3.63, 3.8) is 0 Å². The zero-order valence-electron chi connectivity index (χ0n) is 15.4. The SMILES string of the molecule is COc1ccccc1NC(=O)c1cccn(Cc2cccc(C(F)(F)F)c2)c1=O. The van der Waals surface area contributed by atoms with Gasteiger partial charge in [-0.25, -0.2) is 0 Å². The van der Waals surface area contributed by atoms with Gasteiger partial charge in [0.25, 0.3) is 11.5 Å². The lowest BCUT2D eigenvalue weighted by Crippen LogP contribution is -2.29. The molecular formula is C21H17F3N2O3. The number of hydrogen-bond acceptors (Lipinski definition) is 3. The Labute approximate surface area is 164 Å². The quantitative estimate of drug-likeness (QED) is 0.697. The normalized spacial score (nSPS) is 11.2. The van der Waals surface area contributed by atoms with Gasteiger partial charge < -0.3 is 14.6 Å². The van der Waals surface area contributed by atoms with Crippen molar-refractivity contribution in [1.29, 1.82) is 0 Å². The first-order valence-electron chi connectivity index (χ1n) is 8.59. The molecule has 3 aromatic rings. The first-order chi connectivity index (χ1) is 13.8. The van der Waals surface area contributed by atoms with Crippen LogP contribution in [0.4, 0.5) is 18.9 Å². The second kappa shape index (κ2) is 8.22. The van der Waals surface area contributed by atoms with Crippen molar-refractivity contribution in [2.75, 3.05) is 12.4 Å². The Balaban J connectivity index is 1.87. The summed E-state index contributed by atoms with van der Waals surface area (Å²) in [6.45, 7) is -0.0987. The predicted octanol–water partition coefficient (Wildman–Crippen LogP) is 4.18. The molecule has 0 saturated carbocycles. The maximum atomic E-state index is 12.9. The Morgan fingerprint density at radius 1 is 1.07 bits per heavy atom. The van der Waals surface area contributed by atoms with E-state index in [1.165, 1.54) is 42.1 Å². The molecule has 1 N–H and O–H groups in total. The van der Waals surface area contributed by atoms with E-state index in [-0.39, 0.29) is 12.1 Å². The Morgan fingerprint density at radius 3 is 2.55 bits per heavy atom. The number of rotatable bonds is 5. The van der Waals surface area contributed by atoms with Crippen LogP contribution in [-0.2, 0) is 12.7 Å². The number of benzene rings is 2. The molecule has 0 aliphatic carbocycles. The van der Waals surface area contributed by atoms with E-state index in [4.69, 9.17) is 4.74 Å². The molecule has 1 aromatic heterocycles. The van der Waals surface area contributed by atoms with E-state index >= 15 is 0 Å². The smallest absolute Gasteiger partial charge is 0.416 e. The van der Waals surface area contributed by atoms with E-state index in [2.05, 4.69) is 5.32 Å². The summed E-state index contributed by atoms with van der Waals surface area (Å²) in [5, 5.41) is 2.61. The first kappa shape index (κ1) is 20.2. The van der Waals surface area contributed by atoms with Gasteiger partial charge in [-0.05, 0) is 42.0 Å². The maximum Gasteiger partial charge on any atom is 0.416 e. The molecule has 0 saturated heterocycles. The van der Waals surface area contributed by atoms with Crippen molar-refractivity contribution >= 4 is 11.6 Å². The minimum Gasteiger partial charge on any atom is -0.495 e. The number of hydrogen-bond donors (Lipinski definition) is 1. The third-order valence-electron chi connectivity index (χ3n) is 4.23. The van der Waals surface area contributed by atoms with E-state index in [9.17, 15) is 22.8 Å². The zero-order valence-corrected chi connectivity index (χ0v) is 15.4. The Bertz CT molecular complexity index is 1090. The third kappa shape index (κ3) is 4.66. The second-order valence-electron chi connectivity index (χ2n) is 6.21. The van der Waals surface area contributed by atoms with Crippen LogP contribution in [0.1, 0.15) is 21.5 Å². The van der Waals surface area contributed by atoms with Crippen LogP contribution in [-0.4, -0.2) is 17.6 Å². The Morgan fingerprint density at radius 2 is 1.83 bits per heavy atom. The number of pyridine rings is 1. The van der Waals surface area contributed by atoms with Gasteiger partial charge in [0.2, 0.25) is 0 Å². The number of anilines is 1. The molecule has 1 heterocycles. The van der Waals surface area contributed by atoms with Gasteiger partial charge in [0.05, 0.1) is 24.9 Å². The lowest BCUT2D eigenvalue weighted by Gasteiger charge is -2.12. The number of para-hydroxylation sites is 2. The molecule has 0 aliphatic heterocycles. The van der Waals surface area contributed by atoms with Gasteiger partial charge in [-0.3, -0.25) is 9.59 Å². The summed E-state index contributed by atoms with van der Waals surface area (Å²) in [6.07, 6.45) is -3.06. The molecule has 0 radical (unpaired) electrons. The molecule has 0 fully saturated rings. The molecule has 2 aromatic carbocycles. The molecule has 0 unspecified atom stereocenters. The topological polar surface area (TPSA) is 60.3 Å². The summed E-state index contributed by atoms with van der Waals surface area (Å²) in [5.74, 6) is -0.209. The molecule has 0 bridgehead atoms. The van der Waals surface area contributed by atoms with Crippen LogP contribution >= 0.6 is 0 Å². The van der Waals surface area contributed by atoms with Gasteiger partial charge >= 0.3 is 6.18 Å². The van der Waals surface area contributed by atoms with Crippen molar-refractivity contribution in [1.82, 2.24) is 4.57 Å². The number of aromatic nitrogens is 1. The fraction of sp³-hybridized carbons (Fsp3) is 0.143. The predicted molar refractivity (Wildman–Crippen MR) is 102 cm³/mol. The molecule has 3 rings (SSSR count). The van der Waals surface area contributed by atoms with E-state index in [0.717, 1.165) is 12.1 Å². The van der Waals surface area contributed by atoms with Crippen molar-refractivity contribution in [2.45, 2.75) is 12.7 Å². The van der Waals surface area contributed by atoms with Gasteiger partial charge in [-0.15, -0.1) is 0 Å². The molecule has 5 nitrogen and oxygen atoms in total. The number of alkyl halides is 3. The number of nitrogens with zero attached hydrogens (tertiary/aromatic N) is 1. The summed E-state index contributed by atoms with van der Waals surface area (Å²) in [6, 6.07) is 14.3. The highest BCUT2D eigenvalue weighted by atomic mass is 19.4. The van der Waals surface area contributed by atoms with E-state index in [1.807, 2.05) is 0 Å². The highest BCUT2D eigenvalue weighted by molar-refractivity contribution is 6.04. The average Bonchev–Trinajstić information content (AvgIpc) is 2.69. The number of methoxy groups -OCH3 is 1. The van der Waals surface area contributed by atoms with Crippen molar-refractivity contribution in [3.05, 3.63) is 93.9 Å². The largest absolute Gasteiger partial charge is 0.495 e. The fourth-order valence-corrected chi connectivity index (χ4v) is 2.81.